The van der Waals surface area contributed by atoms with E-state index >= 15 is 0 Å². The Morgan fingerprint density at radius 2 is 1.42 bits per heavy atom. The van der Waals surface area contributed by atoms with E-state index in [4.69, 9.17) is 46.4 Å². The van der Waals surface area contributed by atoms with Gasteiger partial charge in [-0.3, -0.25) is 0 Å². The van der Waals surface area contributed by atoms with Crippen molar-refractivity contribution in [3.05, 3.63) is 56.5 Å². The lowest BCUT2D eigenvalue weighted by atomic mass is 10.2. The predicted octanol–water partition coefficient (Wildman–Crippen LogP) is 6.13. The summed E-state index contributed by atoms with van der Waals surface area (Å²) in [6, 6.07) is 10.5. The van der Waals surface area contributed by atoms with Gasteiger partial charge in [0.05, 0.1) is 10.0 Å². The van der Waals surface area contributed by atoms with E-state index in [1.165, 1.54) is 11.3 Å². The van der Waals surface area contributed by atoms with Gasteiger partial charge in [-0.2, -0.15) is 9.61 Å². The number of aromatic nitrogens is 4. The van der Waals surface area contributed by atoms with Crippen LogP contribution in [0.5, 0.6) is 0 Å². The Balaban J connectivity index is 1.87. The lowest BCUT2D eigenvalue weighted by Crippen LogP contribution is -1.92. The third-order valence-corrected chi connectivity index (χ3v) is 5.35. The molecule has 4 rings (SSSR count). The van der Waals surface area contributed by atoms with Crippen LogP contribution in [0.1, 0.15) is 0 Å². The Labute approximate surface area is 160 Å². The quantitative estimate of drug-likeness (QED) is 0.395. The van der Waals surface area contributed by atoms with Crippen LogP contribution in [-0.2, 0) is 0 Å². The monoisotopic (exact) mass is 414 g/mol. The highest BCUT2D eigenvalue weighted by molar-refractivity contribution is 7.19. The molecule has 0 spiro atoms. The second-order valence-corrected chi connectivity index (χ2v) is 7.52. The maximum atomic E-state index is 6.26. The van der Waals surface area contributed by atoms with Crippen LogP contribution >= 0.6 is 57.7 Å². The van der Waals surface area contributed by atoms with Gasteiger partial charge in [0, 0.05) is 21.2 Å². The Morgan fingerprint density at radius 3 is 2.04 bits per heavy atom. The number of hydrogen-bond donors (Lipinski definition) is 0. The van der Waals surface area contributed by atoms with Gasteiger partial charge >= 0.3 is 0 Å². The third-order valence-electron chi connectivity index (χ3n) is 3.32. The average molecular weight is 416 g/mol. The van der Waals surface area contributed by atoms with Crippen molar-refractivity contribution in [3.8, 4) is 22.0 Å². The zero-order valence-electron chi connectivity index (χ0n) is 11.7. The van der Waals surface area contributed by atoms with Crippen molar-refractivity contribution in [1.29, 1.82) is 0 Å². The molecule has 0 bridgehead atoms. The molecule has 0 N–H and O–H groups in total. The van der Waals surface area contributed by atoms with E-state index in [0.29, 0.717) is 41.4 Å². The van der Waals surface area contributed by atoms with Gasteiger partial charge in [0.25, 0.3) is 0 Å². The molecular formula is C15H6Cl4N4S. The molecule has 4 nitrogen and oxygen atoms in total. The molecule has 4 aromatic rings. The van der Waals surface area contributed by atoms with Crippen LogP contribution in [0.2, 0.25) is 20.1 Å². The van der Waals surface area contributed by atoms with Crippen LogP contribution in [0.4, 0.5) is 0 Å². The molecule has 0 unspecified atom stereocenters. The minimum Gasteiger partial charge on any atom is -0.182 e. The number of nitrogens with zero attached hydrogens (tertiary/aromatic N) is 4. The number of rotatable bonds is 2. The van der Waals surface area contributed by atoms with E-state index in [1.807, 2.05) is 6.07 Å². The zero-order valence-corrected chi connectivity index (χ0v) is 15.5. The SMILES string of the molecule is Clc1ccc(-c2nn3c(-c4ccc(Cl)cc4Cl)nnc3s2)c(Cl)c1. The summed E-state index contributed by atoms with van der Waals surface area (Å²) in [4.78, 5) is 0.636. The van der Waals surface area contributed by atoms with E-state index in [2.05, 4.69) is 15.3 Å². The molecule has 0 radical (unpaired) electrons. The molecule has 0 fully saturated rings. The molecule has 0 aliphatic heterocycles. The number of hydrogen-bond acceptors (Lipinski definition) is 4. The molecule has 2 aromatic carbocycles. The van der Waals surface area contributed by atoms with Gasteiger partial charge in [-0.15, -0.1) is 10.2 Å². The maximum Gasteiger partial charge on any atom is 0.235 e. The summed E-state index contributed by atoms with van der Waals surface area (Å²) in [6.45, 7) is 0. The summed E-state index contributed by atoms with van der Waals surface area (Å²) in [5, 5.41) is 15.7. The molecule has 0 saturated heterocycles. The highest BCUT2D eigenvalue weighted by Crippen LogP contribution is 2.35. The van der Waals surface area contributed by atoms with E-state index in [-0.39, 0.29) is 0 Å². The van der Waals surface area contributed by atoms with E-state index in [1.54, 1.807) is 34.8 Å². The van der Waals surface area contributed by atoms with Crippen LogP contribution in [0.15, 0.2) is 36.4 Å². The summed E-state index contributed by atoms with van der Waals surface area (Å²) in [7, 11) is 0. The minimum atomic E-state index is 0.482. The van der Waals surface area contributed by atoms with Gasteiger partial charge in [-0.05, 0) is 36.4 Å². The summed E-state index contributed by atoms with van der Waals surface area (Å²) < 4.78 is 1.64. The Bertz CT molecular complexity index is 1070. The normalized spacial score (nSPS) is 11.3. The molecule has 24 heavy (non-hydrogen) atoms. The van der Waals surface area contributed by atoms with Crippen molar-refractivity contribution in [3.63, 3.8) is 0 Å². The number of benzene rings is 2. The second kappa shape index (κ2) is 6.17. The Hall–Kier alpha value is -1.37. The van der Waals surface area contributed by atoms with Crippen molar-refractivity contribution in [2.75, 3.05) is 0 Å². The fraction of sp³-hybridized carbons (Fsp3) is 0. The molecule has 9 heteroatoms. The number of halogens is 4. The van der Waals surface area contributed by atoms with E-state index in [0.717, 1.165) is 5.56 Å². The fourth-order valence-corrected chi connectivity index (χ4v) is 4.15. The van der Waals surface area contributed by atoms with Gasteiger partial charge in [0.2, 0.25) is 4.96 Å². The first-order chi connectivity index (χ1) is 11.5. The molecule has 2 heterocycles. The third kappa shape index (κ3) is 2.76. The van der Waals surface area contributed by atoms with Crippen LogP contribution < -0.4 is 0 Å². The van der Waals surface area contributed by atoms with E-state index in [9.17, 15) is 0 Å². The molecule has 2 aromatic heterocycles. The fourth-order valence-electron chi connectivity index (χ4n) is 2.23. The average Bonchev–Trinajstić information content (AvgIpc) is 3.08. The van der Waals surface area contributed by atoms with Crippen LogP contribution in [0, 0.1) is 0 Å². The number of fused-ring (bicyclic) bond motifs is 1. The second-order valence-electron chi connectivity index (χ2n) is 4.87. The van der Waals surface area contributed by atoms with Crippen molar-refractivity contribution < 1.29 is 0 Å². The van der Waals surface area contributed by atoms with Crippen molar-refractivity contribution in [2.45, 2.75) is 0 Å². The van der Waals surface area contributed by atoms with Gasteiger partial charge < -0.3 is 0 Å². The first-order valence-corrected chi connectivity index (χ1v) is 8.99. The smallest absolute Gasteiger partial charge is 0.182 e. The molecular weight excluding hydrogens is 410 g/mol. The van der Waals surface area contributed by atoms with Gasteiger partial charge in [0.15, 0.2) is 5.82 Å². The molecule has 0 saturated carbocycles. The van der Waals surface area contributed by atoms with Crippen molar-refractivity contribution >= 4 is 62.7 Å². The van der Waals surface area contributed by atoms with E-state index < -0.39 is 0 Å². The molecule has 0 amide bonds. The van der Waals surface area contributed by atoms with Crippen molar-refractivity contribution in [1.82, 2.24) is 19.8 Å². The van der Waals surface area contributed by atoms with Crippen LogP contribution in [-0.4, -0.2) is 19.8 Å². The Morgan fingerprint density at radius 1 is 0.792 bits per heavy atom. The standard InChI is InChI=1S/C15H6Cl4N4S/c16-7-1-3-9(11(18)5-7)13-20-21-15-23(13)22-14(24-15)10-4-2-8(17)6-12(10)19/h1-6H. The lowest BCUT2D eigenvalue weighted by molar-refractivity contribution is 0.971. The maximum absolute atomic E-state index is 6.26. The van der Waals surface area contributed by atoms with Crippen LogP contribution in [0.25, 0.3) is 26.9 Å². The highest BCUT2D eigenvalue weighted by atomic mass is 35.5. The van der Waals surface area contributed by atoms with Gasteiger partial charge in [-0.1, -0.05) is 57.7 Å². The molecule has 0 aliphatic rings. The zero-order chi connectivity index (χ0) is 16.8. The summed E-state index contributed by atoms with van der Waals surface area (Å²) >= 11 is 25.8. The Kier molecular flexibility index (Phi) is 4.14. The van der Waals surface area contributed by atoms with Crippen LogP contribution in [0.3, 0.4) is 0 Å². The minimum absolute atomic E-state index is 0.482. The van der Waals surface area contributed by atoms with Crippen molar-refractivity contribution in [2.24, 2.45) is 0 Å². The summed E-state index contributed by atoms with van der Waals surface area (Å²) in [5.74, 6) is 0.541. The lowest BCUT2D eigenvalue weighted by Gasteiger charge is -2.02. The predicted molar refractivity (Wildman–Crippen MR) is 99.6 cm³/mol. The summed E-state index contributed by atoms with van der Waals surface area (Å²) in [6.07, 6.45) is 0. The molecule has 0 atom stereocenters. The molecule has 0 aliphatic carbocycles. The summed E-state index contributed by atoms with van der Waals surface area (Å²) in [5.41, 5.74) is 1.48. The first kappa shape index (κ1) is 16.1. The topological polar surface area (TPSA) is 43.1 Å². The van der Waals surface area contributed by atoms with Gasteiger partial charge in [0.1, 0.15) is 5.01 Å². The highest BCUT2D eigenvalue weighted by Gasteiger charge is 2.17. The first-order valence-electron chi connectivity index (χ1n) is 6.66. The largest absolute Gasteiger partial charge is 0.235 e. The molecule has 120 valence electrons. The van der Waals surface area contributed by atoms with Gasteiger partial charge in [-0.25, -0.2) is 0 Å².